The Morgan fingerprint density at radius 1 is 1.22 bits per heavy atom. The molecule has 1 aliphatic rings. The van der Waals surface area contributed by atoms with Gasteiger partial charge in [-0.1, -0.05) is 34.1 Å². The van der Waals surface area contributed by atoms with Gasteiger partial charge in [-0.3, -0.25) is 14.4 Å². The molecular weight excluding hydrogens is 419 g/mol. The fourth-order valence-corrected chi connectivity index (χ4v) is 3.09. The van der Waals surface area contributed by atoms with Crippen LogP contribution in [0.15, 0.2) is 53.0 Å². The molecule has 8 heteroatoms. The van der Waals surface area contributed by atoms with Gasteiger partial charge in [0.1, 0.15) is 5.82 Å². The van der Waals surface area contributed by atoms with E-state index >= 15 is 0 Å². The second-order valence-electron chi connectivity index (χ2n) is 6.02. The Bertz CT molecular complexity index is 875. The lowest BCUT2D eigenvalue weighted by Crippen LogP contribution is -2.28. The van der Waals surface area contributed by atoms with Crippen molar-refractivity contribution in [2.24, 2.45) is 5.92 Å². The van der Waals surface area contributed by atoms with Crippen molar-refractivity contribution in [1.82, 2.24) is 0 Å². The van der Waals surface area contributed by atoms with E-state index in [9.17, 15) is 18.8 Å². The van der Waals surface area contributed by atoms with Crippen LogP contribution in [0.1, 0.15) is 6.42 Å². The highest BCUT2D eigenvalue weighted by molar-refractivity contribution is 9.10. The molecule has 1 fully saturated rings. The minimum absolute atomic E-state index is 0.00875. The number of nitrogens with zero attached hydrogens (tertiary/aromatic N) is 1. The van der Waals surface area contributed by atoms with Gasteiger partial charge in [0.05, 0.1) is 11.6 Å². The van der Waals surface area contributed by atoms with Gasteiger partial charge in [-0.2, -0.15) is 0 Å². The van der Waals surface area contributed by atoms with Crippen molar-refractivity contribution in [3.05, 3.63) is 58.8 Å². The first-order valence-corrected chi connectivity index (χ1v) is 9.00. The van der Waals surface area contributed by atoms with Gasteiger partial charge < -0.3 is 15.0 Å². The zero-order chi connectivity index (χ0) is 19.4. The molecule has 2 aromatic carbocycles. The number of halogens is 2. The van der Waals surface area contributed by atoms with Gasteiger partial charge >= 0.3 is 5.97 Å². The Hall–Kier alpha value is -2.74. The van der Waals surface area contributed by atoms with Gasteiger partial charge in [0.2, 0.25) is 5.91 Å². The predicted octanol–water partition coefficient (Wildman–Crippen LogP) is 3.12. The van der Waals surface area contributed by atoms with Crippen molar-refractivity contribution >= 4 is 45.1 Å². The number of hydrogen-bond donors (Lipinski definition) is 1. The van der Waals surface area contributed by atoms with Crippen molar-refractivity contribution in [3.8, 4) is 0 Å². The van der Waals surface area contributed by atoms with E-state index < -0.39 is 30.2 Å². The lowest BCUT2D eigenvalue weighted by atomic mass is 10.1. The summed E-state index contributed by atoms with van der Waals surface area (Å²) < 4.78 is 19.2. The first kappa shape index (κ1) is 19.0. The van der Waals surface area contributed by atoms with Crippen molar-refractivity contribution in [1.29, 1.82) is 0 Å². The van der Waals surface area contributed by atoms with Crippen LogP contribution in [0.4, 0.5) is 15.8 Å². The van der Waals surface area contributed by atoms with Crippen molar-refractivity contribution in [3.63, 3.8) is 0 Å². The fraction of sp³-hybridized carbons (Fsp3) is 0.211. The summed E-state index contributed by atoms with van der Waals surface area (Å²) in [6.07, 6.45) is 0.0245. The number of amides is 2. The largest absolute Gasteiger partial charge is 0.455 e. The van der Waals surface area contributed by atoms with Gasteiger partial charge in [-0.05, 0) is 30.3 Å². The number of nitrogens with one attached hydrogen (secondary N) is 1. The van der Waals surface area contributed by atoms with Crippen LogP contribution >= 0.6 is 15.9 Å². The van der Waals surface area contributed by atoms with Gasteiger partial charge in [0.25, 0.3) is 5.91 Å². The molecule has 0 radical (unpaired) electrons. The van der Waals surface area contributed by atoms with Gasteiger partial charge in [0, 0.05) is 23.1 Å². The second-order valence-corrected chi connectivity index (χ2v) is 6.94. The average Bonchev–Trinajstić information content (AvgIpc) is 3.04. The maximum absolute atomic E-state index is 13.7. The smallest absolute Gasteiger partial charge is 0.311 e. The number of carbonyl (C=O) groups is 3. The molecule has 0 saturated carbocycles. The minimum Gasteiger partial charge on any atom is -0.455 e. The van der Waals surface area contributed by atoms with Crippen LogP contribution in [-0.4, -0.2) is 30.9 Å². The summed E-state index contributed by atoms with van der Waals surface area (Å²) in [5.41, 5.74) is 0.701. The number of para-hydroxylation sites is 1. The van der Waals surface area contributed by atoms with E-state index in [1.807, 2.05) is 6.07 Å². The minimum atomic E-state index is -0.659. The summed E-state index contributed by atoms with van der Waals surface area (Å²) in [5.74, 6) is -2.72. The summed E-state index contributed by atoms with van der Waals surface area (Å²) >= 11 is 3.12. The molecular formula is C19H16BrFN2O4. The van der Waals surface area contributed by atoms with Crippen molar-refractivity contribution < 1.29 is 23.5 Å². The van der Waals surface area contributed by atoms with E-state index in [4.69, 9.17) is 4.74 Å². The molecule has 0 aromatic heterocycles. The summed E-state index contributed by atoms with van der Waals surface area (Å²) in [4.78, 5) is 37.7. The zero-order valence-electron chi connectivity index (χ0n) is 14.2. The van der Waals surface area contributed by atoms with E-state index in [2.05, 4.69) is 21.2 Å². The van der Waals surface area contributed by atoms with Gasteiger partial charge in [-0.15, -0.1) is 0 Å². The Morgan fingerprint density at radius 3 is 2.67 bits per heavy atom. The highest BCUT2D eigenvalue weighted by Gasteiger charge is 2.36. The summed E-state index contributed by atoms with van der Waals surface area (Å²) in [7, 11) is 0. The van der Waals surface area contributed by atoms with Crippen LogP contribution in [0.5, 0.6) is 0 Å². The van der Waals surface area contributed by atoms with Crippen LogP contribution < -0.4 is 10.2 Å². The van der Waals surface area contributed by atoms with Gasteiger partial charge in [-0.25, -0.2) is 4.39 Å². The molecule has 1 heterocycles. The number of ether oxygens (including phenoxy) is 1. The molecule has 3 rings (SSSR count). The molecule has 1 unspecified atom stereocenters. The predicted molar refractivity (Wildman–Crippen MR) is 101 cm³/mol. The quantitative estimate of drug-likeness (QED) is 0.733. The molecule has 2 aromatic rings. The fourth-order valence-electron chi connectivity index (χ4n) is 2.75. The molecule has 1 saturated heterocycles. The second kappa shape index (κ2) is 8.30. The Labute approximate surface area is 163 Å². The molecule has 27 heavy (non-hydrogen) atoms. The maximum Gasteiger partial charge on any atom is 0.311 e. The molecule has 1 N–H and O–H groups in total. The Morgan fingerprint density at radius 2 is 1.96 bits per heavy atom. The van der Waals surface area contributed by atoms with Crippen LogP contribution in [0, 0.1) is 11.7 Å². The lowest BCUT2D eigenvalue weighted by Gasteiger charge is -2.16. The molecule has 140 valence electrons. The molecule has 1 aliphatic heterocycles. The normalized spacial score (nSPS) is 16.3. The van der Waals surface area contributed by atoms with Crippen LogP contribution in [0.3, 0.4) is 0 Å². The van der Waals surface area contributed by atoms with Crippen LogP contribution in [-0.2, 0) is 19.1 Å². The number of hydrogen-bond acceptors (Lipinski definition) is 4. The lowest BCUT2D eigenvalue weighted by molar-refractivity contribution is -0.151. The van der Waals surface area contributed by atoms with E-state index in [0.717, 1.165) is 0 Å². The Balaban J connectivity index is 1.52. The third-order valence-electron chi connectivity index (χ3n) is 4.08. The third kappa shape index (κ3) is 4.71. The van der Waals surface area contributed by atoms with E-state index in [0.29, 0.717) is 10.2 Å². The standard InChI is InChI=1S/C19H16BrFN2O4/c20-13-6-7-16(15(21)9-13)22-17(24)11-27-19(26)12-8-18(25)23(10-12)14-4-2-1-3-5-14/h1-7,9,12H,8,10-11H2,(H,22,24). The monoisotopic (exact) mass is 434 g/mol. The van der Waals surface area contributed by atoms with E-state index in [1.165, 1.54) is 17.0 Å². The van der Waals surface area contributed by atoms with E-state index in [-0.39, 0.29) is 24.6 Å². The summed E-state index contributed by atoms with van der Waals surface area (Å²) in [5, 5.41) is 2.34. The van der Waals surface area contributed by atoms with Crippen molar-refractivity contribution in [2.75, 3.05) is 23.4 Å². The number of benzene rings is 2. The molecule has 0 aliphatic carbocycles. The summed E-state index contributed by atoms with van der Waals surface area (Å²) in [6.45, 7) is -0.352. The molecule has 6 nitrogen and oxygen atoms in total. The van der Waals surface area contributed by atoms with E-state index in [1.54, 1.807) is 30.3 Å². The first-order chi connectivity index (χ1) is 12.9. The van der Waals surface area contributed by atoms with Crippen LogP contribution in [0.25, 0.3) is 0 Å². The molecule has 1 atom stereocenters. The van der Waals surface area contributed by atoms with Gasteiger partial charge in [0.15, 0.2) is 6.61 Å². The molecule has 2 amide bonds. The van der Waals surface area contributed by atoms with Crippen LogP contribution in [0.2, 0.25) is 0 Å². The first-order valence-electron chi connectivity index (χ1n) is 8.21. The SMILES string of the molecule is O=C(COC(=O)C1CC(=O)N(c2ccccc2)C1)Nc1ccc(Br)cc1F. The third-order valence-corrected chi connectivity index (χ3v) is 4.57. The number of anilines is 2. The highest BCUT2D eigenvalue weighted by Crippen LogP contribution is 2.25. The number of esters is 1. The Kier molecular flexibility index (Phi) is 5.85. The summed E-state index contributed by atoms with van der Waals surface area (Å²) in [6, 6.07) is 13.2. The molecule has 0 spiro atoms. The highest BCUT2D eigenvalue weighted by atomic mass is 79.9. The topological polar surface area (TPSA) is 75.7 Å². The maximum atomic E-state index is 13.7. The molecule has 0 bridgehead atoms. The number of rotatable bonds is 5. The zero-order valence-corrected chi connectivity index (χ0v) is 15.7. The average molecular weight is 435 g/mol. The number of carbonyl (C=O) groups excluding carboxylic acids is 3. The van der Waals surface area contributed by atoms with Crippen molar-refractivity contribution in [2.45, 2.75) is 6.42 Å².